The highest BCUT2D eigenvalue weighted by atomic mass is 35.5. The number of amides is 1. The molecule has 2 saturated heterocycles. The summed E-state index contributed by atoms with van der Waals surface area (Å²) in [7, 11) is 3.85. The maximum absolute atomic E-state index is 13.2. The number of piperidine rings is 2. The molecule has 10 heteroatoms. The standard InChI is InChI=1S/C15H21FN2O.C8H10FN.C7H13NO2.ClH/c1-10-8-12(16)9-11(2)14(10)17-15(19)13-6-4-5-7-18(13)3;1-5-3-7(9)4-6(2)8(5)10;1-8-5-3-2-4-6(8)7(9)10;/h8-9,13H,4-7H2,1-3H3,(H,17,19);3-4H,10H2,1-2H3;6H,2-5H2,1H3,(H,9,10);1H. The third-order valence-electron chi connectivity index (χ3n) is 7.43. The Morgan fingerprint density at radius 2 is 1.20 bits per heavy atom. The fraction of sp³-hybridized carbons (Fsp3) is 0.533. The lowest BCUT2D eigenvalue weighted by atomic mass is 10.0. The number of hydrogen-bond donors (Lipinski definition) is 3. The molecule has 1 amide bonds. The highest BCUT2D eigenvalue weighted by molar-refractivity contribution is 5.96. The van der Waals surface area contributed by atoms with Crippen molar-refractivity contribution >= 4 is 35.7 Å². The fourth-order valence-electron chi connectivity index (χ4n) is 5.03. The molecule has 2 aliphatic rings. The molecule has 7 nitrogen and oxygen atoms in total. The van der Waals surface area contributed by atoms with Gasteiger partial charge in [-0.15, -0.1) is 12.4 Å². The molecule has 4 rings (SSSR count). The number of carbonyl (C=O) groups is 2. The van der Waals surface area contributed by atoms with Crippen molar-refractivity contribution < 1.29 is 23.5 Å². The smallest absolute Gasteiger partial charge is 0.320 e. The number of nitrogens with one attached hydrogen (secondary N) is 1. The molecule has 2 aliphatic heterocycles. The van der Waals surface area contributed by atoms with Crippen molar-refractivity contribution in [3.63, 3.8) is 0 Å². The number of rotatable bonds is 3. The van der Waals surface area contributed by atoms with Crippen molar-refractivity contribution in [3.05, 3.63) is 58.2 Å². The molecule has 2 aromatic carbocycles. The van der Waals surface area contributed by atoms with E-state index in [2.05, 4.69) is 10.2 Å². The summed E-state index contributed by atoms with van der Waals surface area (Å²) in [4.78, 5) is 26.8. The second-order valence-corrected chi connectivity index (χ2v) is 10.7. The van der Waals surface area contributed by atoms with E-state index in [1.54, 1.807) is 13.8 Å². The predicted molar refractivity (Wildman–Crippen MR) is 160 cm³/mol. The van der Waals surface area contributed by atoms with E-state index in [1.807, 2.05) is 32.8 Å². The van der Waals surface area contributed by atoms with Crippen LogP contribution in [0.3, 0.4) is 0 Å². The number of nitrogen functional groups attached to an aromatic ring is 1. The quantitative estimate of drug-likeness (QED) is 0.392. The number of benzene rings is 2. The Morgan fingerprint density at radius 3 is 1.57 bits per heavy atom. The first-order valence-electron chi connectivity index (χ1n) is 13.5. The average Bonchev–Trinajstić information content (AvgIpc) is 2.85. The molecule has 2 unspecified atom stereocenters. The van der Waals surface area contributed by atoms with E-state index >= 15 is 0 Å². The number of halogens is 3. The SMILES string of the molecule is CN1CCCCC1C(=O)O.Cc1cc(F)cc(C)c1N.Cc1cc(F)cc(C)c1NC(=O)C1CCCCN1C.Cl. The van der Waals surface area contributed by atoms with Crippen LogP contribution < -0.4 is 11.1 Å². The monoisotopic (exact) mass is 582 g/mol. The number of carbonyl (C=O) groups excluding carboxylic acids is 1. The average molecular weight is 583 g/mol. The molecule has 0 aliphatic carbocycles. The van der Waals surface area contributed by atoms with Crippen molar-refractivity contribution in [2.75, 3.05) is 38.2 Å². The van der Waals surface area contributed by atoms with E-state index in [4.69, 9.17) is 10.8 Å². The van der Waals surface area contributed by atoms with Crippen molar-refractivity contribution in [1.82, 2.24) is 9.80 Å². The largest absolute Gasteiger partial charge is 0.480 e. The molecule has 2 atom stereocenters. The molecule has 0 saturated carbocycles. The molecule has 4 N–H and O–H groups in total. The lowest BCUT2D eigenvalue weighted by Gasteiger charge is -2.31. The summed E-state index contributed by atoms with van der Waals surface area (Å²) in [6.45, 7) is 9.11. The van der Waals surface area contributed by atoms with Gasteiger partial charge in [0.25, 0.3) is 0 Å². The molecule has 40 heavy (non-hydrogen) atoms. The number of nitrogens with zero attached hydrogens (tertiary/aromatic N) is 2. The topological polar surface area (TPSA) is 98.9 Å². The Labute approximate surface area is 243 Å². The molecule has 0 radical (unpaired) electrons. The lowest BCUT2D eigenvalue weighted by Crippen LogP contribution is -2.44. The zero-order valence-electron chi connectivity index (χ0n) is 24.5. The van der Waals surface area contributed by atoms with Gasteiger partial charge in [-0.2, -0.15) is 0 Å². The number of anilines is 2. The zero-order chi connectivity index (χ0) is 29.3. The molecular formula is C30H45ClF2N4O3. The van der Waals surface area contributed by atoms with Crippen LogP contribution in [0.25, 0.3) is 0 Å². The molecule has 0 aromatic heterocycles. The van der Waals surface area contributed by atoms with E-state index in [1.165, 1.54) is 24.3 Å². The van der Waals surface area contributed by atoms with E-state index in [0.29, 0.717) is 5.69 Å². The number of carboxylic acids is 1. The molecule has 2 fully saturated rings. The maximum Gasteiger partial charge on any atom is 0.320 e. The van der Waals surface area contributed by atoms with Gasteiger partial charge in [0.1, 0.15) is 17.7 Å². The predicted octanol–water partition coefficient (Wildman–Crippen LogP) is 5.87. The summed E-state index contributed by atoms with van der Waals surface area (Å²) >= 11 is 0. The van der Waals surface area contributed by atoms with Gasteiger partial charge in [0.15, 0.2) is 0 Å². The number of carboxylic acid groups (broad SMARTS) is 1. The molecular weight excluding hydrogens is 538 g/mol. The van der Waals surface area contributed by atoms with Crippen LogP contribution in [0.5, 0.6) is 0 Å². The Morgan fingerprint density at radius 1 is 0.800 bits per heavy atom. The van der Waals surface area contributed by atoms with Crippen molar-refractivity contribution in [3.8, 4) is 0 Å². The second kappa shape index (κ2) is 16.5. The van der Waals surface area contributed by atoms with Gasteiger partial charge in [-0.05, 0) is 127 Å². The molecule has 0 bridgehead atoms. The highest BCUT2D eigenvalue weighted by Crippen LogP contribution is 2.24. The Balaban J connectivity index is 0.000000324. The summed E-state index contributed by atoms with van der Waals surface area (Å²) in [5.41, 5.74) is 10.1. The summed E-state index contributed by atoms with van der Waals surface area (Å²) in [5, 5.41) is 11.6. The third-order valence-corrected chi connectivity index (χ3v) is 7.43. The van der Waals surface area contributed by atoms with E-state index in [0.717, 1.165) is 79.6 Å². The third kappa shape index (κ3) is 10.3. The Bertz CT molecular complexity index is 1100. The summed E-state index contributed by atoms with van der Waals surface area (Å²) in [5.74, 6) is -1.14. The molecule has 0 spiro atoms. The van der Waals surface area contributed by atoms with Gasteiger partial charge in [-0.25, -0.2) is 8.78 Å². The molecule has 2 heterocycles. The van der Waals surface area contributed by atoms with Crippen LogP contribution in [0.1, 0.15) is 60.8 Å². The number of likely N-dealkylation sites (N-methyl/N-ethyl adjacent to an activating group) is 2. The normalized spacial score (nSPS) is 19.2. The minimum Gasteiger partial charge on any atom is -0.480 e. The number of aliphatic carboxylic acids is 1. The minimum atomic E-state index is -0.679. The highest BCUT2D eigenvalue weighted by Gasteiger charge is 2.26. The van der Waals surface area contributed by atoms with Crippen LogP contribution in [-0.2, 0) is 9.59 Å². The van der Waals surface area contributed by atoms with Crippen LogP contribution in [0.2, 0.25) is 0 Å². The van der Waals surface area contributed by atoms with Gasteiger partial charge < -0.3 is 16.2 Å². The number of nitrogens with two attached hydrogens (primary N) is 1. The van der Waals surface area contributed by atoms with Crippen molar-refractivity contribution in [2.24, 2.45) is 0 Å². The van der Waals surface area contributed by atoms with Gasteiger partial charge >= 0.3 is 5.97 Å². The fourth-order valence-corrected chi connectivity index (χ4v) is 5.03. The van der Waals surface area contributed by atoms with Crippen LogP contribution in [0.15, 0.2) is 24.3 Å². The lowest BCUT2D eigenvalue weighted by molar-refractivity contribution is -0.143. The number of hydrogen-bond acceptors (Lipinski definition) is 5. The zero-order valence-corrected chi connectivity index (χ0v) is 25.3. The number of aryl methyl sites for hydroxylation is 4. The first-order valence-corrected chi connectivity index (χ1v) is 13.5. The number of likely N-dealkylation sites (tertiary alicyclic amines) is 2. The summed E-state index contributed by atoms with van der Waals surface area (Å²) in [6, 6.07) is 5.47. The first kappa shape index (κ1) is 35.3. The van der Waals surface area contributed by atoms with E-state index < -0.39 is 5.97 Å². The van der Waals surface area contributed by atoms with Crippen LogP contribution >= 0.6 is 12.4 Å². The van der Waals surface area contributed by atoms with Gasteiger partial charge in [0.2, 0.25) is 5.91 Å². The van der Waals surface area contributed by atoms with E-state index in [9.17, 15) is 18.4 Å². The van der Waals surface area contributed by atoms with Crippen molar-refractivity contribution in [1.29, 1.82) is 0 Å². The maximum atomic E-state index is 13.2. The summed E-state index contributed by atoms with van der Waals surface area (Å²) < 4.78 is 25.8. The van der Waals surface area contributed by atoms with Gasteiger partial charge in [0.05, 0.1) is 6.04 Å². The molecule has 2 aromatic rings. The van der Waals surface area contributed by atoms with Crippen LogP contribution in [0.4, 0.5) is 20.2 Å². The van der Waals surface area contributed by atoms with Gasteiger partial charge in [-0.1, -0.05) is 12.8 Å². The Hall–Kier alpha value is -2.75. The molecule has 224 valence electrons. The van der Waals surface area contributed by atoms with Gasteiger partial charge in [0, 0.05) is 11.4 Å². The van der Waals surface area contributed by atoms with Crippen LogP contribution in [-0.4, -0.2) is 66.1 Å². The second-order valence-electron chi connectivity index (χ2n) is 10.7. The van der Waals surface area contributed by atoms with Crippen LogP contribution in [0, 0.1) is 39.3 Å². The summed E-state index contributed by atoms with van der Waals surface area (Å²) in [6.07, 6.45) is 6.13. The minimum absolute atomic E-state index is 0. The first-order chi connectivity index (χ1) is 18.3. The van der Waals surface area contributed by atoms with Crippen molar-refractivity contribution in [2.45, 2.75) is 78.3 Å². The van der Waals surface area contributed by atoms with Gasteiger partial charge in [-0.3, -0.25) is 19.4 Å². The van der Waals surface area contributed by atoms with E-state index in [-0.39, 0.29) is 42.0 Å². The Kier molecular flexibility index (Phi) is 14.6.